The second-order valence-corrected chi connectivity index (χ2v) is 4.91. The topological polar surface area (TPSA) is 61.0 Å². The van der Waals surface area contributed by atoms with E-state index in [4.69, 9.17) is 23.2 Å². The van der Waals surface area contributed by atoms with E-state index in [1.165, 1.54) is 16.8 Å². The van der Waals surface area contributed by atoms with Crippen LogP contribution in [0.15, 0.2) is 24.3 Å². The number of aromatic nitrogens is 2. The van der Waals surface area contributed by atoms with Gasteiger partial charge in [-0.1, -0.05) is 31.0 Å². The molecule has 0 aliphatic carbocycles. The van der Waals surface area contributed by atoms with Gasteiger partial charge in [0, 0.05) is 17.7 Å². The number of benzene rings is 1. The zero-order valence-electron chi connectivity index (χ0n) is 10.8. The normalized spacial score (nSPS) is 10.8. The summed E-state index contributed by atoms with van der Waals surface area (Å²) >= 11 is 12.2. The van der Waals surface area contributed by atoms with Crippen LogP contribution in [-0.2, 0) is 12.3 Å². The lowest BCUT2D eigenvalue weighted by atomic mass is 10.2. The Bertz CT molecular complexity index is 641. The van der Waals surface area contributed by atoms with Gasteiger partial charge >= 0.3 is 0 Å². The molecule has 0 amide bonds. The van der Waals surface area contributed by atoms with Crippen LogP contribution in [0.5, 0.6) is 0 Å². The average Bonchev–Trinajstić information content (AvgIpc) is 2.75. The van der Waals surface area contributed by atoms with Crippen LogP contribution in [0.1, 0.15) is 24.6 Å². The number of hydrogen-bond acceptors (Lipinski definition) is 3. The van der Waals surface area contributed by atoms with Gasteiger partial charge in [0.05, 0.1) is 22.2 Å². The maximum Gasteiger partial charge on any atom is 0.271 e. The minimum absolute atomic E-state index is 0.00136. The molecule has 0 spiro atoms. The molecular formula is C13H13Cl2N3O2. The third-order valence-electron chi connectivity index (χ3n) is 2.91. The zero-order chi connectivity index (χ0) is 14.7. The van der Waals surface area contributed by atoms with Gasteiger partial charge in [-0.05, 0) is 12.5 Å². The summed E-state index contributed by atoms with van der Waals surface area (Å²) in [4.78, 5) is 10.4. The van der Waals surface area contributed by atoms with Crippen molar-refractivity contribution in [3.8, 4) is 5.69 Å². The molecule has 0 fully saturated rings. The second-order valence-electron chi connectivity index (χ2n) is 4.29. The van der Waals surface area contributed by atoms with Crippen molar-refractivity contribution in [3.63, 3.8) is 0 Å². The Morgan fingerprint density at radius 2 is 2.20 bits per heavy atom. The van der Waals surface area contributed by atoms with E-state index < -0.39 is 4.92 Å². The summed E-state index contributed by atoms with van der Waals surface area (Å²) in [6.45, 7) is 2.04. The number of rotatable bonds is 5. The van der Waals surface area contributed by atoms with Crippen LogP contribution in [0.2, 0.25) is 5.15 Å². The number of aryl methyl sites for hydroxylation is 1. The number of alkyl halides is 1. The first-order chi connectivity index (χ1) is 9.58. The van der Waals surface area contributed by atoms with Crippen LogP contribution >= 0.6 is 23.2 Å². The molecule has 2 rings (SSSR count). The van der Waals surface area contributed by atoms with Crippen molar-refractivity contribution in [3.05, 3.63) is 50.8 Å². The average molecular weight is 314 g/mol. The van der Waals surface area contributed by atoms with E-state index >= 15 is 0 Å². The molecular weight excluding hydrogens is 301 g/mol. The Morgan fingerprint density at radius 1 is 1.45 bits per heavy atom. The molecule has 20 heavy (non-hydrogen) atoms. The highest BCUT2D eigenvalue weighted by molar-refractivity contribution is 6.31. The van der Waals surface area contributed by atoms with Gasteiger partial charge in [-0.25, -0.2) is 4.68 Å². The third-order valence-corrected chi connectivity index (χ3v) is 3.57. The molecule has 0 atom stereocenters. The lowest BCUT2D eigenvalue weighted by Gasteiger charge is -2.02. The number of hydrogen-bond donors (Lipinski definition) is 0. The molecule has 0 aliphatic heterocycles. The van der Waals surface area contributed by atoms with Gasteiger partial charge in [0.2, 0.25) is 0 Å². The van der Waals surface area contributed by atoms with Crippen molar-refractivity contribution in [1.82, 2.24) is 9.78 Å². The number of non-ortho nitro benzene ring substituents is 1. The van der Waals surface area contributed by atoms with Crippen molar-refractivity contribution in [2.24, 2.45) is 0 Å². The van der Waals surface area contributed by atoms with Crippen LogP contribution in [0, 0.1) is 10.1 Å². The predicted octanol–water partition coefficient (Wildman–Crippen LogP) is 4.13. The molecule has 0 aliphatic rings. The third kappa shape index (κ3) is 2.78. The van der Waals surface area contributed by atoms with E-state index in [9.17, 15) is 10.1 Å². The number of nitrogens with zero attached hydrogens (tertiary/aromatic N) is 3. The molecule has 0 saturated heterocycles. The smallest absolute Gasteiger partial charge is 0.258 e. The Labute approximate surface area is 126 Å². The van der Waals surface area contributed by atoms with Gasteiger partial charge in [-0.3, -0.25) is 10.1 Å². The van der Waals surface area contributed by atoms with Gasteiger partial charge in [0.1, 0.15) is 5.15 Å². The summed E-state index contributed by atoms with van der Waals surface area (Å²) in [6, 6.07) is 6.19. The molecule has 2 aromatic rings. The molecule has 0 N–H and O–H groups in total. The van der Waals surface area contributed by atoms with Crippen molar-refractivity contribution in [1.29, 1.82) is 0 Å². The summed E-state index contributed by atoms with van der Waals surface area (Å²) in [6.07, 6.45) is 1.69. The standard InChI is InChI=1S/C13H13Cl2N3O2/c1-2-4-12-11(8-14)13(15)17(16-12)9-5-3-6-10(7-9)18(19)20/h3,5-7H,2,4,8H2,1H3. The van der Waals surface area contributed by atoms with E-state index in [-0.39, 0.29) is 11.6 Å². The lowest BCUT2D eigenvalue weighted by molar-refractivity contribution is -0.384. The number of nitro groups is 1. The quantitative estimate of drug-likeness (QED) is 0.474. The van der Waals surface area contributed by atoms with Crippen LogP contribution < -0.4 is 0 Å². The van der Waals surface area contributed by atoms with E-state index in [1.807, 2.05) is 6.92 Å². The largest absolute Gasteiger partial charge is 0.271 e. The molecule has 0 bridgehead atoms. The van der Waals surface area contributed by atoms with Crippen LogP contribution in [-0.4, -0.2) is 14.7 Å². The van der Waals surface area contributed by atoms with E-state index in [0.717, 1.165) is 24.1 Å². The first-order valence-corrected chi connectivity index (χ1v) is 7.06. The fourth-order valence-corrected chi connectivity index (χ4v) is 2.61. The highest BCUT2D eigenvalue weighted by Crippen LogP contribution is 2.27. The van der Waals surface area contributed by atoms with Gasteiger partial charge in [0.15, 0.2) is 0 Å². The summed E-state index contributed by atoms with van der Waals surface area (Å²) in [5.41, 5.74) is 2.16. The van der Waals surface area contributed by atoms with E-state index in [1.54, 1.807) is 12.1 Å². The monoisotopic (exact) mass is 313 g/mol. The fourth-order valence-electron chi connectivity index (χ4n) is 1.95. The first kappa shape index (κ1) is 14.8. The Morgan fingerprint density at radius 3 is 2.80 bits per heavy atom. The zero-order valence-corrected chi connectivity index (χ0v) is 12.4. The first-order valence-electron chi connectivity index (χ1n) is 6.15. The molecule has 1 aromatic carbocycles. The highest BCUT2D eigenvalue weighted by Gasteiger charge is 2.17. The molecule has 7 heteroatoms. The molecule has 1 aromatic heterocycles. The molecule has 5 nitrogen and oxygen atoms in total. The van der Waals surface area contributed by atoms with E-state index in [0.29, 0.717) is 10.8 Å². The van der Waals surface area contributed by atoms with Gasteiger partial charge < -0.3 is 0 Å². The van der Waals surface area contributed by atoms with E-state index in [2.05, 4.69) is 5.10 Å². The van der Waals surface area contributed by atoms with Crippen molar-refractivity contribution in [2.75, 3.05) is 0 Å². The Balaban J connectivity index is 2.52. The van der Waals surface area contributed by atoms with Crippen LogP contribution in [0.4, 0.5) is 5.69 Å². The minimum Gasteiger partial charge on any atom is -0.258 e. The lowest BCUT2D eigenvalue weighted by Crippen LogP contribution is -1.99. The van der Waals surface area contributed by atoms with Crippen molar-refractivity contribution >= 4 is 28.9 Å². The maximum absolute atomic E-state index is 10.8. The molecule has 1 heterocycles. The highest BCUT2D eigenvalue weighted by atomic mass is 35.5. The second kappa shape index (κ2) is 6.24. The summed E-state index contributed by atoms with van der Waals surface area (Å²) in [7, 11) is 0. The fraction of sp³-hybridized carbons (Fsp3) is 0.308. The number of nitro benzene ring substituents is 1. The van der Waals surface area contributed by atoms with Crippen LogP contribution in [0.3, 0.4) is 0 Å². The summed E-state index contributed by atoms with van der Waals surface area (Å²) < 4.78 is 1.50. The predicted molar refractivity (Wildman–Crippen MR) is 78.8 cm³/mol. The maximum atomic E-state index is 10.8. The molecule has 106 valence electrons. The number of halogens is 2. The molecule has 0 radical (unpaired) electrons. The SMILES string of the molecule is CCCc1nn(-c2cccc([N+](=O)[O-])c2)c(Cl)c1CCl. The van der Waals surface area contributed by atoms with Gasteiger partial charge in [0.25, 0.3) is 5.69 Å². The van der Waals surface area contributed by atoms with Crippen LogP contribution in [0.25, 0.3) is 5.69 Å². The minimum atomic E-state index is -0.448. The van der Waals surface area contributed by atoms with Crippen molar-refractivity contribution in [2.45, 2.75) is 25.6 Å². The Kier molecular flexibility index (Phi) is 4.62. The summed E-state index contributed by atoms with van der Waals surface area (Å²) in [5.74, 6) is 0.267. The van der Waals surface area contributed by atoms with Gasteiger partial charge in [-0.15, -0.1) is 11.6 Å². The van der Waals surface area contributed by atoms with Crippen molar-refractivity contribution < 1.29 is 4.92 Å². The van der Waals surface area contributed by atoms with Gasteiger partial charge in [-0.2, -0.15) is 5.10 Å². The molecule has 0 saturated carbocycles. The Hall–Kier alpha value is -1.59. The molecule has 0 unspecified atom stereocenters. The summed E-state index contributed by atoms with van der Waals surface area (Å²) in [5, 5.41) is 15.6.